The number of likely N-dealkylation sites (tertiary alicyclic amines) is 1. The number of amides is 1. The van der Waals surface area contributed by atoms with Crippen LogP contribution in [0.15, 0.2) is 12.1 Å². The van der Waals surface area contributed by atoms with Gasteiger partial charge in [0.05, 0.1) is 0 Å². The van der Waals surface area contributed by atoms with Gasteiger partial charge in [-0.3, -0.25) is 4.79 Å². The molecule has 0 unspecified atom stereocenters. The van der Waals surface area contributed by atoms with Crippen molar-refractivity contribution in [3.8, 4) is 0 Å². The third-order valence-corrected chi connectivity index (χ3v) is 3.71. The Morgan fingerprint density at radius 1 is 1.11 bits per heavy atom. The molecule has 1 saturated carbocycles. The Bertz CT molecular complexity index is 433. The van der Waals surface area contributed by atoms with Crippen LogP contribution in [0.2, 0.25) is 0 Å². The number of nitrogens with zero attached hydrogens (tertiary/aromatic N) is 3. The van der Waals surface area contributed by atoms with Gasteiger partial charge in [-0.1, -0.05) is 12.8 Å². The lowest BCUT2D eigenvalue weighted by Gasteiger charge is -2.19. The van der Waals surface area contributed by atoms with Gasteiger partial charge < -0.3 is 10.2 Å². The second-order valence-corrected chi connectivity index (χ2v) is 5.43. The van der Waals surface area contributed by atoms with Crippen LogP contribution < -0.4 is 5.32 Å². The predicted octanol–water partition coefficient (Wildman–Crippen LogP) is 2.07. The van der Waals surface area contributed by atoms with Gasteiger partial charge >= 0.3 is 0 Å². The molecule has 2 heterocycles. The van der Waals surface area contributed by atoms with E-state index in [0.717, 1.165) is 31.7 Å². The van der Waals surface area contributed by atoms with Crippen LogP contribution >= 0.6 is 0 Å². The number of nitrogens with one attached hydrogen (secondary N) is 1. The van der Waals surface area contributed by atoms with E-state index in [0.29, 0.717) is 11.7 Å². The molecule has 5 heteroatoms. The Morgan fingerprint density at radius 3 is 2.42 bits per heavy atom. The molecule has 0 atom stereocenters. The molecule has 3 rings (SSSR count). The zero-order valence-electron chi connectivity index (χ0n) is 11.1. The number of anilines is 1. The van der Waals surface area contributed by atoms with Crippen molar-refractivity contribution in [3.05, 3.63) is 17.8 Å². The monoisotopic (exact) mass is 260 g/mol. The van der Waals surface area contributed by atoms with E-state index >= 15 is 0 Å². The molecule has 0 spiro atoms. The summed E-state index contributed by atoms with van der Waals surface area (Å²) >= 11 is 0. The fourth-order valence-corrected chi connectivity index (χ4v) is 2.40. The van der Waals surface area contributed by atoms with Crippen LogP contribution in [-0.2, 0) is 0 Å². The SMILES string of the molecule is O=C(c1ccc(NC2CC2)nn1)N1CCCCCC1. The molecule has 1 aromatic heterocycles. The second-order valence-electron chi connectivity index (χ2n) is 5.43. The van der Waals surface area contributed by atoms with E-state index in [-0.39, 0.29) is 5.91 Å². The Balaban J connectivity index is 1.64. The molecule has 0 bridgehead atoms. The molecular formula is C14H20N4O. The average molecular weight is 260 g/mol. The van der Waals surface area contributed by atoms with Gasteiger partial charge in [-0.25, -0.2) is 0 Å². The largest absolute Gasteiger partial charge is 0.366 e. The molecule has 1 N–H and O–H groups in total. The molecule has 0 radical (unpaired) electrons. The lowest BCUT2D eigenvalue weighted by atomic mass is 10.2. The third kappa shape index (κ3) is 3.22. The van der Waals surface area contributed by atoms with E-state index in [9.17, 15) is 4.79 Å². The minimum absolute atomic E-state index is 0.0207. The van der Waals surface area contributed by atoms with Gasteiger partial charge in [-0.2, -0.15) is 0 Å². The van der Waals surface area contributed by atoms with Gasteiger partial charge in [0, 0.05) is 19.1 Å². The lowest BCUT2D eigenvalue weighted by molar-refractivity contribution is 0.0754. The Hall–Kier alpha value is -1.65. The molecule has 1 aromatic rings. The molecule has 1 aliphatic carbocycles. The summed E-state index contributed by atoms with van der Waals surface area (Å²) in [6.07, 6.45) is 7.05. The van der Waals surface area contributed by atoms with Gasteiger partial charge in [-0.15, -0.1) is 10.2 Å². The van der Waals surface area contributed by atoms with Crippen molar-refractivity contribution in [1.82, 2.24) is 15.1 Å². The summed E-state index contributed by atoms with van der Waals surface area (Å²) in [7, 11) is 0. The molecule has 102 valence electrons. The van der Waals surface area contributed by atoms with Crippen LogP contribution in [0.4, 0.5) is 5.82 Å². The summed E-state index contributed by atoms with van der Waals surface area (Å²) in [6.45, 7) is 1.70. The van der Waals surface area contributed by atoms with Crippen molar-refractivity contribution in [3.63, 3.8) is 0 Å². The van der Waals surface area contributed by atoms with Crippen LogP contribution in [0.1, 0.15) is 49.0 Å². The second kappa shape index (κ2) is 5.55. The fraction of sp³-hybridized carbons (Fsp3) is 0.643. The first kappa shape index (κ1) is 12.4. The summed E-state index contributed by atoms with van der Waals surface area (Å²) in [5.41, 5.74) is 0.461. The number of hydrogen-bond donors (Lipinski definition) is 1. The topological polar surface area (TPSA) is 58.1 Å². The van der Waals surface area contributed by atoms with E-state index in [1.54, 1.807) is 6.07 Å². The summed E-state index contributed by atoms with van der Waals surface area (Å²) in [6, 6.07) is 4.20. The van der Waals surface area contributed by atoms with Crippen molar-refractivity contribution in [1.29, 1.82) is 0 Å². The summed E-state index contributed by atoms with van der Waals surface area (Å²) in [5.74, 6) is 0.794. The van der Waals surface area contributed by atoms with E-state index in [4.69, 9.17) is 0 Å². The molecule has 0 aromatic carbocycles. The first-order valence-electron chi connectivity index (χ1n) is 7.22. The van der Waals surface area contributed by atoms with E-state index in [2.05, 4.69) is 15.5 Å². The predicted molar refractivity (Wildman–Crippen MR) is 73.0 cm³/mol. The summed E-state index contributed by atoms with van der Waals surface area (Å²) < 4.78 is 0. The zero-order valence-corrected chi connectivity index (χ0v) is 11.1. The highest BCUT2D eigenvalue weighted by atomic mass is 16.2. The van der Waals surface area contributed by atoms with Crippen LogP contribution in [0, 0.1) is 0 Å². The standard InChI is InChI=1S/C14H20N4O/c19-14(18-9-3-1-2-4-10-18)12-7-8-13(17-16-12)15-11-5-6-11/h7-8,11H,1-6,9-10H2,(H,15,17). The van der Waals surface area contributed by atoms with Gasteiger partial charge in [-0.05, 0) is 37.8 Å². The van der Waals surface area contributed by atoms with Gasteiger partial charge in [0.1, 0.15) is 5.82 Å². The number of hydrogen-bond acceptors (Lipinski definition) is 4. The molecule has 2 fully saturated rings. The van der Waals surface area contributed by atoms with E-state index in [1.807, 2.05) is 11.0 Å². The first-order chi connectivity index (χ1) is 9.33. The highest BCUT2D eigenvalue weighted by molar-refractivity contribution is 5.92. The van der Waals surface area contributed by atoms with Gasteiger partial charge in [0.15, 0.2) is 5.69 Å². The smallest absolute Gasteiger partial charge is 0.274 e. The van der Waals surface area contributed by atoms with Crippen molar-refractivity contribution < 1.29 is 4.79 Å². The minimum atomic E-state index is 0.0207. The number of carbonyl (C=O) groups excluding carboxylic acids is 1. The quantitative estimate of drug-likeness (QED) is 0.904. The van der Waals surface area contributed by atoms with Crippen LogP contribution in [0.25, 0.3) is 0 Å². The Kier molecular flexibility index (Phi) is 3.62. The van der Waals surface area contributed by atoms with Gasteiger partial charge in [0.2, 0.25) is 0 Å². The molecule has 1 amide bonds. The van der Waals surface area contributed by atoms with Crippen LogP contribution in [0.3, 0.4) is 0 Å². The maximum Gasteiger partial charge on any atom is 0.274 e. The first-order valence-corrected chi connectivity index (χ1v) is 7.22. The normalized spacial score (nSPS) is 19.9. The van der Waals surface area contributed by atoms with Crippen LogP contribution in [0.5, 0.6) is 0 Å². The molecule has 2 aliphatic rings. The molecule has 5 nitrogen and oxygen atoms in total. The van der Waals surface area contributed by atoms with Crippen molar-refractivity contribution in [2.45, 2.75) is 44.6 Å². The van der Waals surface area contributed by atoms with Crippen molar-refractivity contribution in [2.75, 3.05) is 18.4 Å². The highest BCUT2D eigenvalue weighted by Crippen LogP contribution is 2.23. The third-order valence-electron chi connectivity index (χ3n) is 3.71. The maximum absolute atomic E-state index is 12.3. The molecule has 1 aliphatic heterocycles. The highest BCUT2D eigenvalue weighted by Gasteiger charge is 2.22. The molecule has 19 heavy (non-hydrogen) atoms. The average Bonchev–Trinajstić information content (AvgIpc) is 3.25. The zero-order chi connectivity index (χ0) is 13.1. The van der Waals surface area contributed by atoms with E-state index < -0.39 is 0 Å². The van der Waals surface area contributed by atoms with Crippen molar-refractivity contribution in [2.24, 2.45) is 0 Å². The van der Waals surface area contributed by atoms with Gasteiger partial charge in [0.25, 0.3) is 5.91 Å². The fourth-order valence-electron chi connectivity index (χ4n) is 2.40. The number of rotatable bonds is 3. The maximum atomic E-state index is 12.3. The van der Waals surface area contributed by atoms with Crippen molar-refractivity contribution >= 4 is 11.7 Å². The summed E-state index contributed by atoms with van der Waals surface area (Å²) in [5, 5.41) is 11.4. The van der Waals surface area contributed by atoms with Crippen LogP contribution in [-0.4, -0.2) is 40.1 Å². The molecule has 1 saturated heterocycles. The number of carbonyl (C=O) groups is 1. The van der Waals surface area contributed by atoms with E-state index in [1.165, 1.54) is 25.7 Å². The summed E-state index contributed by atoms with van der Waals surface area (Å²) in [4.78, 5) is 14.2. The Morgan fingerprint density at radius 2 is 1.84 bits per heavy atom. The number of aromatic nitrogens is 2. The lowest BCUT2D eigenvalue weighted by Crippen LogP contribution is -2.32. The minimum Gasteiger partial charge on any atom is -0.366 e. The Labute approximate surface area is 113 Å². The molecular weight excluding hydrogens is 240 g/mol.